The molecule has 0 radical (unpaired) electrons. The Bertz CT molecular complexity index is 713. The van der Waals surface area contributed by atoms with Crippen molar-refractivity contribution in [2.45, 2.75) is 13.5 Å². The normalized spacial score (nSPS) is 10.3. The van der Waals surface area contributed by atoms with Crippen LogP contribution in [-0.2, 0) is 16.1 Å². The minimum absolute atomic E-state index is 0.166. The van der Waals surface area contributed by atoms with Gasteiger partial charge in [-0.3, -0.25) is 9.59 Å². The number of hydrogen-bond acceptors (Lipinski definition) is 5. The third kappa shape index (κ3) is 4.65. The number of aromatic nitrogens is 2. The first-order valence-electron chi connectivity index (χ1n) is 7.14. The van der Waals surface area contributed by atoms with Crippen molar-refractivity contribution in [1.29, 1.82) is 0 Å². The van der Waals surface area contributed by atoms with Crippen molar-refractivity contribution in [1.82, 2.24) is 9.55 Å². The standard InChI is InChI=1S/C16H19N3O4/c1-12-16(13(20)6-8-19(12)9-10-22-2)23-11-15(21)18-14-5-3-4-7-17-14/h3-8H,9-11H2,1-2H3,(H,17,18,21). The van der Waals surface area contributed by atoms with E-state index >= 15 is 0 Å². The van der Waals surface area contributed by atoms with Crippen LogP contribution in [0.15, 0.2) is 41.5 Å². The van der Waals surface area contributed by atoms with Gasteiger partial charge in [0.2, 0.25) is 5.43 Å². The summed E-state index contributed by atoms with van der Waals surface area (Å²) in [5.41, 5.74) is 0.391. The monoisotopic (exact) mass is 317 g/mol. The second-order valence-electron chi connectivity index (χ2n) is 4.83. The molecule has 7 nitrogen and oxygen atoms in total. The quantitative estimate of drug-likeness (QED) is 0.830. The molecule has 0 saturated carbocycles. The number of rotatable bonds is 7. The molecule has 7 heteroatoms. The smallest absolute Gasteiger partial charge is 0.263 e. The SMILES string of the molecule is COCCn1ccc(=O)c(OCC(=O)Nc2ccccn2)c1C. The van der Waals surface area contributed by atoms with Gasteiger partial charge in [-0.1, -0.05) is 6.07 Å². The van der Waals surface area contributed by atoms with Gasteiger partial charge in [-0.2, -0.15) is 0 Å². The number of nitrogens with zero attached hydrogens (tertiary/aromatic N) is 2. The van der Waals surface area contributed by atoms with E-state index in [0.29, 0.717) is 24.7 Å². The van der Waals surface area contributed by atoms with Crippen LogP contribution in [0.2, 0.25) is 0 Å². The number of carbonyl (C=O) groups excluding carboxylic acids is 1. The van der Waals surface area contributed by atoms with E-state index in [1.807, 2.05) is 4.57 Å². The van der Waals surface area contributed by atoms with E-state index in [9.17, 15) is 9.59 Å². The Morgan fingerprint density at radius 1 is 1.35 bits per heavy atom. The molecule has 23 heavy (non-hydrogen) atoms. The Kier molecular flexibility index (Phi) is 5.87. The van der Waals surface area contributed by atoms with Crippen LogP contribution in [0.5, 0.6) is 5.75 Å². The topological polar surface area (TPSA) is 82.5 Å². The summed E-state index contributed by atoms with van der Waals surface area (Å²) in [6.07, 6.45) is 3.25. The van der Waals surface area contributed by atoms with Gasteiger partial charge in [-0.15, -0.1) is 0 Å². The van der Waals surface area contributed by atoms with Gasteiger partial charge in [0.25, 0.3) is 5.91 Å². The van der Waals surface area contributed by atoms with Crippen LogP contribution in [0.25, 0.3) is 0 Å². The molecule has 0 unspecified atom stereocenters. The highest BCUT2D eigenvalue weighted by Crippen LogP contribution is 2.12. The Hall–Kier alpha value is -2.67. The summed E-state index contributed by atoms with van der Waals surface area (Å²) in [6.45, 7) is 2.62. The second-order valence-corrected chi connectivity index (χ2v) is 4.83. The first-order chi connectivity index (χ1) is 11.1. The zero-order valence-corrected chi connectivity index (χ0v) is 13.1. The van der Waals surface area contributed by atoms with Crippen LogP contribution in [0, 0.1) is 6.92 Å². The highest BCUT2D eigenvalue weighted by molar-refractivity contribution is 5.90. The summed E-state index contributed by atoms with van der Waals surface area (Å²) in [7, 11) is 1.61. The molecule has 2 aromatic rings. The number of anilines is 1. The minimum Gasteiger partial charge on any atom is -0.478 e. The third-order valence-corrected chi connectivity index (χ3v) is 3.21. The molecule has 0 aromatic carbocycles. The molecular formula is C16H19N3O4. The summed E-state index contributed by atoms with van der Waals surface area (Å²) in [4.78, 5) is 27.8. The maximum atomic E-state index is 11.9. The fourth-order valence-electron chi connectivity index (χ4n) is 2.01. The summed E-state index contributed by atoms with van der Waals surface area (Å²) in [5, 5.41) is 2.60. The Balaban J connectivity index is 2.02. The van der Waals surface area contributed by atoms with Crippen molar-refractivity contribution in [3.63, 3.8) is 0 Å². The number of nitrogens with one attached hydrogen (secondary N) is 1. The molecule has 0 aliphatic rings. The molecule has 1 amide bonds. The van der Waals surface area contributed by atoms with Crippen molar-refractivity contribution in [3.8, 4) is 5.75 Å². The van der Waals surface area contributed by atoms with E-state index in [4.69, 9.17) is 9.47 Å². The summed E-state index contributed by atoms with van der Waals surface area (Å²) < 4.78 is 12.3. The summed E-state index contributed by atoms with van der Waals surface area (Å²) in [5.74, 6) is 0.220. The number of methoxy groups -OCH3 is 1. The average Bonchev–Trinajstić information content (AvgIpc) is 2.55. The van der Waals surface area contributed by atoms with E-state index in [-0.39, 0.29) is 23.7 Å². The Morgan fingerprint density at radius 2 is 2.17 bits per heavy atom. The van der Waals surface area contributed by atoms with E-state index in [1.54, 1.807) is 44.6 Å². The molecule has 1 N–H and O–H groups in total. The van der Waals surface area contributed by atoms with Crippen molar-refractivity contribution in [2.75, 3.05) is 25.6 Å². The van der Waals surface area contributed by atoms with Gasteiger partial charge in [0.1, 0.15) is 5.82 Å². The predicted molar refractivity (Wildman–Crippen MR) is 85.7 cm³/mol. The fraction of sp³-hybridized carbons (Fsp3) is 0.312. The van der Waals surface area contributed by atoms with Gasteiger partial charge < -0.3 is 19.4 Å². The van der Waals surface area contributed by atoms with Crippen LogP contribution in [0.4, 0.5) is 5.82 Å². The van der Waals surface area contributed by atoms with Crippen LogP contribution < -0.4 is 15.5 Å². The van der Waals surface area contributed by atoms with E-state index in [0.717, 1.165) is 0 Å². The predicted octanol–water partition coefficient (Wildman–Crippen LogP) is 1.22. The van der Waals surface area contributed by atoms with Crippen molar-refractivity contribution in [2.24, 2.45) is 0 Å². The molecule has 0 spiro atoms. The number of amides is 1. The maximum absolute atomic E-state index is 11.9. The molecule has 0 bridgehead atoms. The van der Waals surface area contributed by atoms with Crippen LogP contribution >= 0.6 is 0 Å². The van der Waals surface area contributed by atoms with Crippen molar-refractivity contribution >= 4 is 11.7 Å². The van der Waals surface area contributed by atoms with Crippen molar-refractivity contribution < 1.29 is 14.3 Å². The molecular weight excluding hydrogens is 298 g/mol. The van der Waals surface area contributed by atoms with Gasteiger partial charge in [-0.25, -0.2) is 4.98 Å². The van der Waals surface area contributed by atoms with E-state index in [1.165, 1.54) is 6.07 Å². The van der Waals surface area contributed by atoms with Gasteiger partial charge in [-0.05, 0) is 19.1 Å². The number of ether oxygens (including phenoxy) is 2. The van der Waals surface area contributed by atoms with Gasteiger partial charge in [0.15, 0.2) is 12.4 Å². The van der Waals surface area contributed by atoms with Crippen LogP contribution in [0.3, 0.4) is 0 Å². The summed E-state index contributed by atoms with van der Waals surface area (Å²) in [6, 6.07) is 6.60. The second kappa shape index (κ2) is 8.09. The molecule has 0 atom stereocenters. The minimum atomic E-state index is -0.380. The maximum Gasteiger partial charge on any atom is 0.263 e. The average molecular weight is 317 g/mol. The number of carbonyl (C=O) groups is 1. The first-order valence-corrected chi connectivity index (χ1v) is 7.14. The summed E-state index contributed by atoms with van der Waals surface area (Å²) >= 11 is 0. The van der Waals surface area contributed by atoms with E-state index in [2.05, 4.69) is 10.3 Å². The molecule has 2 aromatic heterocycles. The molecule has 2 rings (SSSR count). The van der Waals surface area contributed by atoms with Gasteiger partial charge in [0, 0.05) is 32.1 Å². The lowest BCUT2D eigenvalue weighted by molar-refractivity contribution is -0.118. The molecule has 0 aliphatic heterocycles. The molecule has 0 aliphatic carbocycles. The van der Waals surface area contributed by atoms with Crippen LogP contribution in [-0.4, -0.2) is 35.8 Å². The van der Waals surface area contributed by atoms with Crippen molar-refractivity contribution in [3.05, 3.63) is 52.6 Å². The Labute approximate surface area is 133 Å². The lowest BCUT2D eigenvalue weighted by atomic mass is 10.3. The molecule has 0 fully saturated rings. The lowest BCUT2D eigenvalue weighted by Crippen LogP contribution is -2.24. The number of pyridine rings is 2. The van der Waals surface area contributed by atoms with Crippen LogP contribution in [0.1, 0.15) is 5.69 Å². The zero-order valence-electron chi connectivity index (χ0n) is 13.1. The highest BCUT2D eigenvalue weighted by atomic mass is 16.5. The first kappa shape index (κ1) is 16.7. The molecule has 0 saturated heterocycles. The molecule has 2 heterocycles. The Morgan fingerprint density at radius 3 is 2.87 bits per heavy atom. The van der Waals surface area contributed by atoms with Gasteiger partial charge >= 0.3 is 0 Å². The fourth-order valence-corrected chi connectivity index (χ4v) is 2.01. The zero-order chi connectivity index (χ0) is 16.7. The number of hydrogen-bond donors (Lipinski definition) is 1. The third-order valence-electron chi connectivity index (χ3n) is 3.21. The lowest BCUT2D eigenvalue weighted by Gasteiger charge is -2.14. The highest BCUT2D eigenvalue weighted by Gasteiger charge is 2.11. The van der Waals surface area contributed by atoms with E-state index < -0.39 is 0 Å². The largest absolute Gasteiger partial charge is 0.478 e. The van der Waals surface area contributed by atoms with Gasteiger partial charge in [0.05, 0.1) is 12.3 Å². The molecule has 122 valence electrons.